The van der Waals surface area contributed by atoms with Crippen molar-refractivity contribution in [2.24, 2.45) is 7.05 Å². The largest absolute Gasteiger partial charge is 0.497 e. The molecule has 37 heavy (non-hydrogen) atoms. The minimum atomic E-state index is 0.138. The summed E-state index contributed by atoms with van der Waals surface area (Å²) < 4.78 is 13.2. The zero-order valence-corrected chi connectivity index (χ0v) is 22.5. The fraction of sp³-hybridized carbons (Fsp3) is 0.308. The van der Waals surface area contributed by atoms with Crippen LogP contribution >= 0.6 is 23.1 Å². The number of amides is 1. The molecule has 1 saturated heterocycles. The van der Waals surface area contributed by atoms with Crippen molar-refractivity contribution in [3.05, 3.63) is 60.0 Å². The third-order valence-electron chi connectivity index (χ3n) is 6.12. The molecule has 5 rings (SSSR count). The summed E-state index contributed by atoms with van der Waals surface area (Å²) in [6, 6.07) is 9.84. The number of thiazole rings is 1. The predicted molar refractivity (Wildman–Crippen MR) is 144 cm³/mol. The number of ether oxygens (including phenoxy) is 2. The second kappa shape index (κ2) is 11.2. The molecule has 0 bridgehead atoms. The first kappa shape index (κ1) is 25.1. The molecule has 0 unspecified atom stereocenters. The maximum absolute atomic E-state index is 11.6. The average molecular weight is 537 g/mol. The summed E-state index contributed by atoms with van der Waals surface area (Å²) in [6.07, 6.45) is 7.13. The van der Waals surface area contributed by atoms with E-state index in [4.69, 9.17) is 14.5 Å². The number of benzene rings is 1. The van der Waals surface area contributed by atoms with Crippen LogP contribution in [0, 0.1) is 0 Å². The summed E-state index contributed by atoms with van der Waals surface area (Å²) in [6.45, 7) is 3.18. The van der Waals surface area contributed by atoms with E-state index >= 15 is 0 Å². The molecule has 4 aromatic rings. The van der Waals surface area contributed by atoms with Gasteiger partial charge in [0.25, 0.3) is 0 Å². The summed E-state index contributed by atoms with van der Waals surface area (Å²) in [4.78, 5) is 25.0. The molecular formula is C26H28N6O3S2. The zero-order chi connectivity index (χ0) is 25.8. The van der Waals surface area contributed by atoms with Crippen molar-refractivity contribution in [3.8, 4) is 17.2 Å². The summed E-state index contributed by atoms with van der Waals surface area (Å²) in [7, 11) is 3.50. The van der Waals surface area contributed by atoms with Crippen LogP contribution in [0.4, 0.5) is 10.9 Å². The van der Waals surface area contributed by atoms with Crippen LogP contribution in [-0.4, -0.2) is 50.8 Å². The standard InChI is InChI=1S/C26H28N6O3S2/c1-17(33)32-9-7-18(8-10-32)23-16-36-26(29-23)30-25-24(35-20-13-28-31(2)15-20)12-22(14-27-25)37-21-6-4-5-19(11-21)34-3/h4-6,11-16,18H,7-10H2,1-3H3,(H,27,29,30). The molecule has 3 aromatic heterocycles. The van der Waals surface area contributed by atoms with E-state index in [-0.39, 0.29) is 5.91 Å². The van der Waals surface area contributed by atoms with Crippen LogP contribution in [-0.2, 0) is 11.8 Å². The average Bonchev–Trinajstić information content (AvgIpc) is 3.54. The molecule has 1 N–H and O–H groups in total. The fourth-order valence-electron chi connectivity index (χ4n) is 4.16. The highest BCUT2D eigenvalue weighted by atomic mass is 32.2. The maximum Gasteiger partial charge on any atom is 0.219 e. The van der Waals surface area contributed by atoms with Gasteiger partial charge in [0, 0.05) is 60.4 Å². The minimum absolute atomic E-state index is 0.138. The van der Waals surface area contributed by atoms with Gasteiger partial charge in [-0.3, -0.25) is 9.48 Å². The molecule has 1 aromatic carbocycles. The number of nitrogens with one attached hydrogen (secondary N) is 1. The Morgan fingerprint density at radius 2 is 2.00 bits per heavy atom. The smallest absolute Gasteiger partial charge is 0.219 e. The maximum atomic E-state index is 11.6. The Hall–Kier alpha value is -3.57. The second-order valence-corrected chi connectivity index (χ2v) is 10.7. The van der Waals surface area contributed by atoms with E-state index in [2.05, 4.69) is 20.8 Å². The van der Waals surface area contributed by atoms with E-state index in [0.29, 0.717) is 23.2 Å². The van der Waals surface area contributed by atoms with Gasteiger partial charge in [0.05, 0.1) is 25.2 Å². The van der Waals surface area contributed by atoms with Crippen LogP contribution in [0.1, 0.15) is 31.4 Å². The van der Waals surface area contributed by atoms with Gasteiger partial charge < -0.3 is 19.7 Å². The molecule has 1 aliphatic rings. The van der Waals surface area contributed by atoms with Crippen molar-refractivity contribution in [3.63, 3.8) is 0 Å². The normalized spacial score (nSPS) is 14.0. The van der Waals surface area contributed by atoms with Gasteiger partial charge in [-0.2, -0.15) is 5.10 Å². The molecule has 1 fully saturated rings. The van der Waals surface area contributed by atoms with Crippen LogP contribution in [0.2, 0.25) is 0 Å². The lowest BCUT2D eigenvalue weighted by Gasteiger charge is -2.30. The van der Waals surface area contributed by atoms with E-state index in [1.807, 2.05) is 48.5 Å². The molecular weight excluding hydrogens is 508 g/mol. The molecule has 11 heteroatoms. The highest BCUT2D eigenvalue weighted by Gasteiger charge is 2.24. The van der Waals surface area contributed by atoms with Gasteiger partial charge in [-0.1, -0.05) is 17.8 Å². The van der Waals surface area contributed by atoms with Crippen LogP contribution in [0.15, 0.2) is 64.1 Å². The van der Waals surface area contributed by atoms with Gasteiger partial charge in [0.1, 0.15) is 5.75 Å². The minimum Gasteiger partial charge on any atom is -0.497 e. The molecule has 192 valence electrons. The molecule has 0 saturated carbocycles. The monoisotopic (exact) mass is 536 g/mol. The first-order valence-corrected chi connectivity index (χ1v) is 13.6. The lowest BCUT2D eigenvalue weighted by Crippen LogP contribution is -2.36. The molecule has 0 atom stereocenters. The molecule has 4 heterocycles. The van der Waals surface area contributed by atoms with Gasteiger partial charge in [0.2, 0.25) is 5.91 Å². The van der Waals surface area contributed by atoms with Gasteiger partial charge in [0.15, 0.2) is 22.4 Å². The number of rotatable bonds is 8. The fourth-order valence-corrected chi connectivity index (χ4v) is 5.81. The number of piperidine rings is 1. The molecule has 1 aliphatic heterocycles. The number of likely N-dealkylation sites (tertiary alicyclic amines) is 1. The molecule has 0 radical (unpaired) electrons. The van der Waals surface area contributed by atoms with Crippen molar-refractivity contribution >= 4 is 40.0 Å². The number of hydrogen-bond acceptors (Lipinski definition) is 9. The number of hydrogen-bond donors (Lipinski definition) is 1. The number of nitrogens with zero attached hydrogens (tertiary/aromatic N) is 5. The zero-order valence-electron chi connectivity index (χ0n) is 20.9. The predicted octanol–water partition coefficient (Wildman–Crippen LogP) is 5.69. The van der Waals surface area contributed by atoms with Crippen molar-refractivity contribution in [1.29, 1.82) is 0 Å². The van der Waals surface area contributed by atoms with E-state index in [1.165, 1.54) is 0 Å². The Morgan fingerprint density at radius 3 is 2.73 bits per heavy atom. The Balaban J connectivity index is 1.35. The van der Waals surface area contributed by atoms with Crippen molar-refractivity contribution in [2.45, 2.75) is 35.5 Å². The number of pyridine rings is 1. The second-order valence-electron chi connectivity index (χ2n) is 8.73. The lowest BCUT2D eigenvalue weighted by molar-refractivity contribution is -0.129. The topological polar surface area (TPSA) is 94.4 Å². The quantitative estimate of drug-likeness (QED) is 0.307. The first-order chi connectivity index (χ1) is 18.0. The van der Waals surface area contributed by atoms with E-state index in [9.17, 15) is 4.79 Å². The van der Waals surface area contributed by atoms with Crippen molar-refractivity contribution < 1.29 is 14.3 Å². The molecule has 0 aliphatic carbocycles. The number of anilines is 2. The number of aromatic nitrogens is 4. The molecule has 1 amide bonds. The Morgan fingerprint density at radius 1 is 1.16 bits per heavy atom. The summed E-state index contributed by atoms with van der Waals surface area (Å²) >= 11 is 3.12. The van der Waals surface area contributed by atoms with Crippen LogP contribution < -0.4 is 14.8 Å². The summed E-state index contributed by atoms with van der Waals surface area (Å²) in [5.41, 5.74) is 1.05. The van der Waals surface area contributed by atoms with Gasteiger partial charge in [-0.25, -0.2) is 9.97 Å². The summed E-state index contributed by atoms with van der Waals surface area (Å²) in [5.74, 6) is 3.06. The third kappa shape index (κ3) is 6.23. The number of carbonyl (C=O) groups excluding carboxylic acids is 1. The van der Waals surface area contributed by atoms with Crippen LogP contribution in [0.5, 0.6) is 17.2 Å². The van der Waals surface area contributed by atoms with Crippen LogP contribution in [0.25, 0.3) is 0 Å². The Kier molecular flexibility index (Phi) is 7.61. The lowest BCUT2D eigenvalue weighted by atomic mass is 9.94. The van der Waals surface area contributed by atoms with Gasteiger partial charge in [-0.05, 0) is 31.0 Å². The highest BCUT2D eigenvalue weighted by Crippen LogP contribution is 2.38. The number of aryl methyl sites for hydroxylation is 1. The Labute approximate surface area is 223 Å². The van der Waals surface area contributed by atoms with Crippen LogP contribution in [0.3, 0.4) is 0 Å². The van der Waals surface area contributed by atoms with Crippen molar-refractivity contribution in [2.75, 3.05) is 25.5 Å². The summed E-state index contributed by atoms with van der Waals surface area (Å²) in [5, 5.41) is 10.4. The molecule has 9 nitrogen and oxygen atoms in total. The van der Waals surface area contributed by atoms with Gasteiger partial charge >= 0.3 is 0 Å². The third-order valence-corrected chi connectivity index (χ3v) is 7.84. The van der Waals surface area contributed by atoms with Gasteiger partial charge in [-0.15, -0.1) is 11.3 Å². The number of carbonyl (C=O) groups is 1. The van der Waals surface area contributed by atoms with E-state index in [0.717, 1.165) is 52.3 Å². The Bertz CT molecular complexity index is 1380. The van der Waals surface area contributed by atoms with E-state index in [1.54, 1.807) is 54.2 Å². The highest BCUT2D eigenvalue weighted by molar-refractivity contribution is 7.99. The SMILES string of the molecule is COc1cccc(Sc2cnc(Nc3nc(C4CCN(C(C)=O)CC4)cs3)c(Oc3cnn(C)c3)c2)c1. The molecule has 0 spiro atoms. The number of methoxy groups -OCH3 is 1. The van der Waals surface area contributed by atoms with Crippen molar-refractivity contribution in [1.82, 2.24) is 24.6 Å². The van der Waals surface area contributed by atoms with E-state index < -0.39 is 0 Å². The first-order valence-electron chi connectivity index (χ1n) is 11.9.